The zero-order valence-electron chi connectivity index (χ0n) is 17.7. The van der Waals surface area contributed by atoms with Crippen molar-refractivity contribution in [3.63, 3.8) is 0 Å². The van der Waals surface area contributed by atoms with Crippen molar-refractivity contribution >= 4 is 12.0 Å². The van der Waals surface area contributed by atoms with Crippen molar-refractivity contribution in [2.75, 3.05) is 26.2 Å². The minimum Gasteiger partial charge on any atom is -0.444 e. The molecular formula is C22H27FN4O3. The molecule has 0 radical (unpaired) electrons. The number of piperazine rings is 1. The topological polar surface area (TPSA) is 67.7 Å². The summed E-state index contributed by atoms with van der Waals surface area (Å²) in [5, 5.41) is 4.61. The van der Waals surface area contributed by atoms with Gasteiger partial charge in [0.05, 0.1) is 5.69 Å². The van der Waals surface area contributed by atoms with E-state index in [1.54, 1.807) is 26.6 Å². The number of carbonyl (C=O) groups is 2. The molecule has 30 heavy (non-hydrogen) atoms. The van der Waals surface area contributed by atoms with Crippen LogP contribution in [0.3, 0.4) is 0 Å². The van der Waals surface area contributed by atoms with Crippen LogP contribution in [0.2, 0.25) is 0 Å². The molecule has 1 aliphatic heterocycles. The van der Waals surface area contributed by atoms with E-state index in [0.717, 1.165) is 36.2 Å². The number of hydrogen-bond donors (Lipinski definition) is 0. The van der Waals surface area contributed by atoms with Crippen molar-refractivity contribution in [1.82, 2.24) is 19.6 Å². The van der Waals surface area contributed by atoms with Gasteiger partial charge < -0.3 is 14.5 Å². The lowest BCUT2D eigenvalue weighted by atomic mass is 10.1. The van der Waals surface area contributed by atoms with Crippen LogP contribution in [0.25, 0.3) is 5.69 Å². The molecule has 1 fully saturated rings. The molecule has 4 rings (SSSR count). The van der Waals surface area contributed by atoms with E-state index in [4.69, 9.17) is 4.74 Å². The van der Waals surface area contributed by atoms with Gasteiger partial charge in [0.1, 0.15) is 11.4 Å². The molecule has 8 heteroatoms. The average Bonchev–Trinajstić information content (AvgIpc) is 3.30. The fourth-order valence-electron chi connectivity index (χ4n) is 3.97. The second-order valence-electron chi connectivity index (χ2n) is 8.78. The normalized spacial score (nSPS) is 16.5. The summed E-state index contributed by atoms with van der Waals surface area (Å²) in [6.07, 6.45) is 2.28. The Hall–Kier alpha value is -2.90. The predicted octanol–water partition coefficient (Wildman–Crippen LogP) is 3.19. The first-order chi connectivity index (χ1) is 14.2. The fraction of sp³-hybridized carbons (Fsp3) is 0.500. The standard InChI is InChI=1S/C22H27FN4O3/c1-22(2,3)30-21(29)26-13-11-25(12-14-26)20(28)19-17-5-4-6-18(17)27(24-19)16-9-7-15(23)8-10-16/h7-10H,4-6,11-14H2,1-3H3. The molecule has 1 aliphatic carbocycles. The third-order valence-corrected chi connectivity index (χ3v) is 5.42. The maximum absolute atomic E-state index is 13.3. The van der Waals surface area contributed by atoms with Crippen molar-refractivity contribution in [2.24, 2.45) is 0 Å². The highest BCUT2D eigenvalue weighted by Gasteiger charge is 2.32. The number of carbonyl (C=O) groups excluding carboxylic acids is 2. The number of fused-ring (bicyclic) bond motifs is 1. The van der Waals surface area contributed by atoms with Crippen LogP contribution in [0.5, 0.6) is 0 Å². The average molecular weight is 414 g/mol. The van der Waals surface area contributed by atoms with Gasteiger partial charge in [-0.15, -0.1) is 0 Å². The van der Waals surface area contributed by atoms with Gasteiger partial charge >= 0.3 is 6.09 Å². The number of nitrogens with zero attached hydrogens (tertiary/aromatic N) is 4. The van der Waals surface area contributed by atoms with E-state index < -0.39 is 5.60 Å². The molecule has 160 valence electrons. The van der Waals surface area contributed by atoms with Gasteiger partial charge in [0.2, 0.25) is 0 Å². The summed E-state index contributed by atoms with van der Waals surface area (Å²) in [5.74, 6) is -0.417. The smallest absolute Gasteiger partial charge is 0.410 e. The van der Waals surface area contributed by atoms with Crippen molar-refractivity contribution in [3.05, 3.63) is 47.0 Å². The maximum atomic E-state index is 13.3. The van der Waals surface area contributed by atoms with Crippen molar-refractivity contribution in [1.29, 1.82) is 0 Å². The van der Waals surface area contributed by atoms with E-state index in [9.17, 15) is 14.0 Å². The Labute approximate surface area is 175 Å². The molecule has 0 N–H and O–H groups in total. The lowest BCUT2D eigenvalue weighted by Crippen LogP contribution is -2.51. The maximum Gasteiger partial charge on any atom is 0.410 e. The first-order valence-electron chi connectivity index (χ1n) is 10.4. The monoisotopic (exact) mass is 414 g/mol. The fourth-order valence-corrected chi connectivity index (χ4v) is 3.97. The molecule has 1 aromatic heterocycles. The third kappa shape index (κ3) is 4.04. The van der Waals surface area contributed by atoms with Crippen molar-refractivity contribution < 1.29 is 18.7 Å². The number of aromatic nitrogens is 2. The van der Waals surface area contributed by atoms with E-state index in [0.29, 0.717) is 31.9 Å². The van der Waals surface area contributed by atoms with Gasteiger partial charge in [0.15, 0.2) is 5.69 Å². The van der Waals surface area contributed by atoms with E-state index in [1.165, 1.54) is 12.1 Å². The zero-order valence-corrected chi connectivity index (χ0v) is 17.7. The number of rotatable bonds is 2. The first kappa shape index (κ1) is 20.4. The van der Waals surface area contributed by atoms with Crippen molar-refractivity contribution in [2.45, 2.75) is 45.6 Å². The molecule has 0 spiro atoms. The number of hydrogen-bond acceptors (Lipinski definition) is 4. The minimum atomic E-state index is -0.544. The van der Waals surface area contributed by atoms with Crippen LogP contribution in [0, 0.1) is 5.82 Å². The summed E-state index contributed by atoms with van der Waals surface area (Å²) in [5.41, 5.74) is 2.69. The van der Waals surface area contributed by atoms with Gasteiger partial charge in [-0.3, -0.25) is 4.79 Å². The SMILES string of the molecule is CC(C)(C)OC(=O)N1CCN(C(=O)c2nn(-c3ccc(F)cc3)c3c2CCC3)CC1. The summed E-state index contributed by atoms with van der Waals surface area (Å²) >= 11 is 0. The van der Waals surface area contributed by atoms with Crippen LogP contribution >= 0.6 is 0 Å². The van der Waals surface area contributed by atoms with Crippen molar-refractivity contribution in [3.8, 4) is 5.69 Å². The molecule has 1 aromatic carbocycles. The second-order valence-corrected chi connectivity index (χ2v) is 8.78. The van der Waals surface area contributed by atoms with Crippen LogP contribution in [0.4, 0.5) is 9.18 Å². The Kier molecular flexibility index (Phi) is 5.26. The number of halogens is 1. The second kappa shape index (κ2) is 7.74. The molecule has 7 nitrogen and oxygen atoms in total. The minimum absolute atomic E-state index is 0.113. The molecule has 0 saturated carbocycles. The predicted molar refractivity (Wildman–Crippen MR) is 109 cm³/mol. The highest BCUT2D eigenvalue weighted by Crippen LogP contribution is 2.29. The molecule has 2 amide bonds. The van der Waals surface area contributed by atoms with E-state index in [-0.39, 0.29) is 17.8 Å². The molecule has 1 saturated heterocycles. The molecule has 2 heterocycles. The van der Waals surface area contributed by atoms with E-state index in [1.807, 2.05) is 20.8 Å². The summed E-state index contributed by atoms with van der Waals surface area (Å²) in [7, 11) is 0. The van der Waals surface area contributed by atoms with Gasteiger partial charge in [0.25, 0.3) is 5.91 Å². The lowest BCUT2D eigenvalue weighted by molar-refractivity contribution is 0.0140. The van der Waals surface area contributed by atoms with Gasteiger partial charge in [0, 0.05) is 37.4 Å². The van der Waals surface area contributed by atoms with Crippen LogP contribution in [-0.4, -0.2) is 63.4 Å². The van der Waals surface area contributed by atoms with Gasteiger partial charge in [-0.25, -0.2) is 13.9 Å². The van der Waals surface area contributed by atoms with Gasteiger partial charge in [-0.2, -0.15) is 5.10 Å². The number of amides is 2. The van der Waals surface area contributed by atoms with Gasteiger partial charge in [-0.1, -0.05) is 0 Å². The van der Waals surface area contributed by atoms with Crippen LogP contribution in [-0.2, 0) is 17.6 Å². The Morgan fingerprint density at radius 1 is 1.00 bits per heavy atom. The van der Waals surface area contributed by atoms with Gasteiger partial charge in [-0.05, 0) is 64.3 Å². The van der Waals surface area contributed by atoms with Crippen LogP contribution < -0.4 is 0 Å². The molecule has 2 aliphatic rings. The molecule has 0 unspecified atom stereocenters. The van der Waals surface area contributed by atoms with E-state index >= 15 is 0 Å². The molecule has 2 aromatic rings. The number of ether oxygens (including phenoxy) is 1. The Bertz CT molecular complexity index is 954. The Balaban J connectivity index is 1.49. The quantitative estimate of drug-likeness (QED) is 0.757. The largest absolute Gasteiger partial charge is 0.444 e. The van der Waals surface area contributed by atoms with Crippen LogP contribution in [0.15, 0.2) is 24.3 Å². The molecular weight excluding hydrogens is 387 g/mol. The Morgan fingerprint density at radius 2 is 1.63 bits per heavy atom. The molecule has 0 bridgehead atoms. The van der Waals surface area contributed by atoms with E-state index in [2.05, 4.69) is 5.10 Å². The third-order valence-electron chi connectivity index (χ3n) is 5.42. The highest BCUT2D eigenvalue weighted by molar-refractivity contribution is 5.94. The Morgan fingerprint density at radius 3 is 2.27 bits per heavy atom. The van der Waals surface area contributed by atoms with Crippen LogP contribution in [0.1, 0.15) is 48.9 Å². The summed E-state index contributed by atoms with van der Waals surface area (Å²) < 4.78 is 20.5. The summed E-state index contributed by atoms with van der Waals surface area (Å²) in [6.45, 7) is 7.25. The first-order valence-corrected chi connectivity index (χ1v) is 10.4. The summed E-state index contributed by atoms with van der Waals surface area (Å²) in [6, 6.07) is 6.15. The molecule has 0 atom stereocenters. The lowest BCUT2D eigenvalue weighted by Gasteiger charge is -2.35. The highest BCUT2D eigenvalue weighted by atomic mass is 19.1. The number of benzene rings is 1. The zero-order chi connectivity index (χ0) is 21.5. The summed E-state index contributed by atoms with van der Waals surface area (Å²) in [4.78, 5) is 28.9.